The predicted molar refractivity (Wildman–Crippen MR) is 56.7 cm³/mol. The molecule has 0 aromatic rings. The molecule has 13 heavy (non-hydrogen) atoms. The van der Waals surface area contributed by atoms with Gasteiger partial charge in [-0.25, -0.2) is 0 Å². The van der Waals surface area contributed by atoms with Crippen LogP contribution in [0.2, 0.25) is 0 Å². The summed E-state index contributed by atoms with van der Waals surface area (Å²) >= 11 is 0. The fraction of sp³-hybridized carbons (Fsp3) is 1.00. The van der Waals surface area contributed by atoms with Gasteiger partial charge >= 0.3 is 0 Å². The molecule has 5 unspecified atom stereocenters. The molecule has 0 aromatic heterocycles. The van der Waals surface area contributed by atoms with Gasteiger partial charge in [0, 0.05) is 0 Å². The Kier molecular flexibility index (Phi) is 3.78. The van der Waals surface area contributed by atoms with Gasteiger partial charge in [0.15, 0.2) is 0 Å². The molecule has 1 saturated heterocycles. The molecule has 1 fully saturated rings. The largest absolute Gasteiger partial charge is 0.375 e. The number of rotatable bonds is 1. The van der Waals surface area contributed by atoms with E-state index >= 15 is 0 Å². The first-order valence-electron chi connectivity index (χ1n) is 5.71. The fourth-order valence-electron chi connectivity index (χ4n) is 2.54. The van der Waals surface area contributed by atoms with Gasteiger partial charge in [-0.15, -0.1) is 0 Å². The standard InChI is InChI=1S/C12H24O/c1-6-12-11(5)10(4)8(2)7-9(3)13-12/h8-12H,6-7H2,1-5H3. The monoisotopic (exact) mass is 184 g/mol. The average Bonchev–Trinajstić information content (AvgIpc) is 2.18. The van der Waals surface area contributed by atoms with Crippen molar-refractivity contribution in [3.05, 3.63) is 0 Å². The Morgan fingerprint density at radius 3 is 2.23 bits per heavy atom. The van der Waals surface area contributed by atoms with Crippen LogP contribution in [0, 0.1) is 17.8 Å². The second kappa shape index (κ2) is 4.45. The molecule has 1 heterocycles. The highest BCUT2D eigenvalue weighted by molar-refractivity contribution is 4.80. The third-order valence-electron chi connectivity index (χ3n) is 3.83. The molecule has 0 radical (unpaired) electrons. The van der Waals surface area contributed by atoms with E-state index in [1.807, 2.05) is 0 Å². The lowest BCUT2D eigenvalue weighted by molar-refractivity contribution is -0.0260. The van der Waals surface area contributed by atoms with Gasteiger partial charge in [-0.1, -0.05) is 27.7 Å². The molecule has 1 aliphatic heterocycles. The van der Waals surface area contributed by atoms with E-state index in [9.17, 15) is 0 Å². The molecule has 0 amide bonds. The molecule has 0 aromatic carbocycles. The molecule has 1 heteroatoms. The molecule has 0 bridgehead atoms. The maximum absolute atomic E-state index is 6.01. The van der Waals surface area contributed by atoms with Crippen molar-refractivity contribution in [1.29, 1.82) is 0 Å². The summed E-state index contributed by atoms with van der Waals surface area (Å²) in [6.45, 7) is 11.5. The second-order valence-electron chi connectivity index (χ2n) is 4.82. The summed E-state index contributed by atoms with van der Waals surface area (Å²) in [5.74, 6) is 2.32. The van der Waals surface area contributed by atoms with Gasteiger partial charge in [0.05, 0.1) is 12.2 Å². The minimum atomic E-state index is 0.451. The zero-order chi connectivity index (χ0) is 10.0. The highest BCUT2D eigenvalue weighted by Gasteiger charge is 2.31. The van der Waals surface area contributed by atoms with Gasteiger partial charge < -0.3 is 4.74 Å². The number of hydrogen-bond donors (Lipinski definition) is 0. The molecule has 5 atom stereocenters. The minimum Gasteiger partial charge on any atom is -0.375 e. The van der Waals surface area contributed by atoms with Crippen molar-refractivity contribution >= 4 is 0 Å². The minimum absolute atomic E-state index is 0.451. The van der Waals surface area contributed by atoms with Gasteiger partial charge in [0.1, 0.15) is 0 Å². The van der Waals surface area contributed by atoms with E-state index in [1.165, 1.54) is 6.42 Å². The second-order valence-corrected chi connectivity index (χ2v) is 4.82. The van der Waals surface area contributed by atoms with Crippen LogP contribution in [-0.4, -0.2) is 12.2 Å². The SMILES string of the molecule is CCC1OC(C)CC(C)C(C)C1C. The molecule has 1 nitrogen and oxygen atoms in total. The van der Waals surface area contributed by atoms with E-state index in [0.717, 1.165) is 18.3 Å². The van der Waals surface area contributed by atoms with Crippen molar-refractivity contribution in [3.8, 4) is 0 Å². The van der Waals surface area contributed by atoms with Crippen molar-refractivity contribution in [2.75, 3.05) is 0 Å². The van der Waals surface area contributed by atoms with Crippen LogP contribution < -0.4 is 0 Å². The summed E-state index contributed by atoms with van der Waals surface area (Å²) in [7, 11) is 0. The average molecular weight is 184 g/mol. The maximum Gasteiger partial charge on any atom is 0.0604 e. The predicted octanol–water partition coefficient (Wildman–Crippen LogP) is 3.48. The Morgan fingerprint density at radius 1 is 1.08 bits per heavy atom. The van der Waals surface area contributed by atoms with E-state index in [0.29, 0.717) is 18.1 Å². The fourth-order valence-corrected chi connectivity index (χ4v) is 2.54. The van der Waals surface area contributed by atoms with Crippen LogP contribution in [0.3, 0.4) is 0 Å². The Labute approximate surface area is 82.9 Å². The van der Waals surface area contributed by atoms with Crippen LogP contribution in [-0.2, 0) is 4.74 Å². The zero-order valence-corrected chi connectivity index (χ0v) is 9.71. The van der Waals surface area contributed by atoms with E-state index in [2.05, 4.69) is 34.6 Å². The smallest absolute Gasteiger partial charge is 0.0604 e. The third-order valence-corrected chi connectivity index (χ3v) is 3.83. The van der Waals surface area contributed by atoms with Gasteiger partial charge in [0.25, 0.3) is 0 Å². The van der Waals surface area contributed by atoms with Gasteiger partial charge in [-0.2, -0.15) is 0 Å². The Balaban J connectivity index is 2.69. The van der Waals surface area contributed by atoms with E-state index in [-0.39, 0.29) is 0 Å². The number of ether oxygens (including phenoxy) is 1. The van der Waals surface area contributed by atoms with Crippen LogP contribution in [0.5, 0.6) is 0 Å². The van der Waals surface area contributed by atoms with Crippen LogP contribution in [0.1, 0.15) is 47.5 Å². The maximum atomic E-state index is 6.01. The lowest BCUT2D eigenvalue weighted by Crippen LogP contribution is -2.26. The summed E-state index contributed by atoms with van der Waals surface area (Å²) in [5.41, 5.74) is 0. The zero-order valence-electron chi connectivity index (χ0n) is 9.71. The Hall–Kier alpha value is -0.0400. The van der Waals surface area contributed by atoms with E-state index in [4.69, 9.17) is 4.74 Å². The molecule has 1 rings (SSSR count). The third kappa shape index (κ3) is 2.46. The van der Waals surface area contributed by atoms with Crippen molar-refractivity contribution in [2.45, 2.75) is 59.7 Å². The van der Waals surface area contributed by atoms with Gasteiger partial charge in [-0.3, -0.25) is 0 Å². The molecule has 0 aliphatic carbocycles. The Bertz CT molecular complexity index is 155. The van der Waals surface area contributed by atoms with Crippen molar-refractivity contribution in [2.24, 2.45) is 17.8 Å². The topological polar surface area (TPSA) is 9.23 Å². The van der Waals surface area contributed by atoms with Crippen molar-refractivity contribution < 1.29 is 4.74 Å². The molecule has 0 saturated carbocycles. The molecule has 1 aliphatic rings. The van der Waals surface area contributed by atoms with Crippen LogP contribution in [0.4, 0.5) is 0 Å². The molecule has 78 valence electrons. The normalized spacial score (nSPS) is 47.3. The molecule has 0 N–H and O–H groups in total. The summed E-state index contributed by atoms with van der Waals surface area (Å²) in [6, 6.07) is 0. The van der Waals surface area contributed by atoms with Crippen LogP contribution in [0.25, 0.3) is 0 Å². The van der Waals surface area contributed by atoms with Crippen LogP contribution >= 0.6 is 0 Å². The summed E-state index contributed by atoms with van der Waals surface area (Å²) in [4.78, 5) is 0. The van der Waals surface area contributed by atoms with E-state index in [1.54, 1.807) is 0 Å². The summed E-state index contributed by atoms with van der Waals surface area (Å²) in [6.07, 6.45) is 3.31. The van der Waals surface area contributed by atoms with E-state index < -0.39 is 0 Å². The quantitative estimate of drug-likeness (QED) is 0.606. The molecule has 0 spiro atoms. The first kappa shape index (κ1) is 11.0. The first-order valence-corrected chi connectivity index (χ1v) is 5.71. The summed E-state index contributed by atoms with van der Waals surface area (Å²) < 4.78 is 6.01. The first-order chi connectivity index (χ1) is 6.06. The van der Waals surface area contributed by atoms with Crippen molar-refractivity contribution in [3.63, 3.8) is 0 Å². The lowest BCUT2D eigenvalue weighted by Gasteiger charge is -2.27. The van der Waals surface area contributed by atoms with Crippen molar-refractivity contribution in [1.82, 2.24) is 0 Å². The van der Waals surface area contributed by atoms with Gasteiger partial charge in [0.2, 0.25) is 0 Å². The highest BCUT2D eigenvalue weighted by atomic mass is 16.5. The Morgan fingerprint density at radius 2 is 1.69 bits per heavy atom. The molecular formula is C12H24O. The number of hydrogen-bond acceptors (Lipinski definition) is 1. The van der Waals surface area contributed by atoms with Gasteiger partial charge in [-0.05, 0) is 37.5 Å². The summed E-state index contributed by atoms with van der Waals surface area (Å²) in [5, 5.41) is 0. The van der Waals surface area contributed by atoms with Crippen LogP contribution in [0.15, 0.2) is 0 Å². The highest BCUT2D eigenvalue weighted by Crippen LogP contribution is 2.34. The lowest BCUT2D eigenvalue weighted by atomic mass is 9.80. The molecular weight excluding hydrogens is 160 g/mol.